The van der Waals surface area contributed by atoms with E-state index in [9.17, 15) is 9.59 Å². The summed E-state index contributed by atoms with van der Waals surface area (Å²) in [6.07, 6.45) is -1.44. The van der Waals surface area contributed by atoms with E-state index >= 15 is 0 Å². The summed E-state index contributed by atoms with van der Waals surface area (Å²) in [5.41, 5.74) is 0. The number of hydrogen-bond acceptors (Lipinski definition) is 5. The van der Waals surface area contributed by atoms with Crippen LogP contribution in [0.15, 0.2) is 12.1 Å². The number of hydrogen-bond donors (Lipinski definition) is 2. The number of carboxylic acid groups (broad SMARTS) is 1. The van der Waals surface area contributed by atoms with E-state index in [0.717, 1.165) is 11.3 Å². The molecule has 0 aliphatic carbocycles. The number of carbonyl (C=O) groups is 2. The molecule has 6 heteroatoms. The second kappa shape index (κ2) is 4.90. The van der Waals surface area contributed by atoms with Crippen molar-refractivity contribution in [1.82, 2.24) is 0 Å². The molecule has 0 fully saturated rings. The fourth-order valence-electron chi connectivity index (χ4n) is 0.976. The van der Waals surface area contributed by atoms with Gasteiger partial charge in [0.2, 0.25) is 0 Å². The molecule has 0 aliphatic rings. The normalized spacial score (nSPS) is 12.1. The van der Waals surface area contributed by atoms with Gasteiger partial charge in [0, 0.05) is 11.3 Å². The van der Waals surface area contributed by atoms with Crippen molar-refractivity contribution in [3.8, 4) is 0 Å². The van der Waals surface area contributed by atoms with Crippen molar-refractivity contribution in [2.24, 2.45) is 0 Å². The van der Waals surface area contributed by atoms with Gasteiger partial charge in [0.15, 0.2) is 6.10 Å². The van der Waals surface area contributed by atoms with Crippen molar-refractivity contribution in [2.45, 2.75) is 12.5 Å². The fourth-order valence-corrected chi connectivity index (χ4v) is 1.94. The zero-order valence-electron chi connectivity index (χ0n) is 7.97. The van der Waals surface area contributed by atoms with Gasteiger partial charge in [-0.15, -0.1) is 11.3 Å². The first-order valence-electron chi connectivity index (χ1n) is 4.12. The minimum atomic E-state index is -1.44. The number of aliphatic hydroxyl groups is 1. The molecule has 1 unspecified atom stereocenters. The zero-order valence-corrected chi connectivity index (χ0v) is 8.78. The number of thiophene rings is 1. The molecule has 15 heavy (non-hydrogen) atoms. The summed E-state index contributed by atoms with van der Waals surface area (Å²) >= 11 is 1.11. The first-order valence-corrected chi connectivity index (χ1v) is 4.94. The van der Waals surface area contributed by atoms with Crippen LogP contribution in [0.1, 0.15) is 14.5 Å². The van der Waals surface area contributed by atoms with Crippen LogP contribution in [0, 0.1) is 0 Å². The summed E-state index contributed by atoms with van der Waals surface area (Å²) in [6.45, 7) is 0. The lowest BCUT2D eigenvalue weighted by Gasteiger charge is -2.01. The predicted octanol–water partition coefficient (Wildman–Crippen LogP) is 0.523. The van der Waals surface area contributed by atoms with Crippen LogP contribution in [0.4, 0.5) is 0 Å². The molecule has 0 saturated carbocycles. The lowest BCUT2D eigenvalue weighted by molar-refractivity contribution is -0.146. The highest BCUT2D eigenvalue weighted by Gasteiger charge is 2.16. The van der Waals surface area contributed by atoms with E-state index in [1.807, 2.05) is 0 Å². The minimum absolute atomic E-state index is 0.00298. The highest BCUT2D eigenvalue weighted by Crippen LogP contribution is 2.18. The molecule has 5 nitrogen and oxygen atoms in total. The molecule has 1 rings (SSSR count). The largest absolute Gasteiger partial charge is 0.479 e. The van der Waals surface area contributed by atoms with Crippen molar-refractivity contribution in [3.63, 3.8) is 0 Å². The molecule has 1 aromatic rings. The van der Waals surface area contributed by atoms with Crippen LogP contribution >= 0.6 is 11.3 Å². The van der Waals surface area contributed by atoms with Crippen LogP contribution < -0.4 is 0 Å². The SMILES string of the molecule is COC(=O)c1ccc(CC(O)C(=O)O)s1. The smallest absolute Gasteiger partial charge is 0.348 e. The average molecular weight is 230 g/mol. The van der Waals surface area contributed by atoms with E-state index in [1.54, 1.807) is 12.1 Å². The Bertz CT molecular complexity index is 370. The van der Waals surface area contributed by atoms with E-state index in [4.69, 9.17) is 10.2 Å². The number of rotatable bonds is 4. The molecule has 0 saturated heterocycles. The van der Waals surface area contributed by atoms with Crippen LogP contribution in [0.5, 0.6) is 0 Å². The van der Waals surface area contributed by atoms with E-state index in [0.29, 0.717) is 9.75 Å². The summed E-state index contributed by atoms with van der Waals surface area (Å²) < 4.78 is 4.49. The maximum absolute atomic E-state index is 11.1. The first-order chi connectivity index (χ1) is 7.04. The second-order valence-electron chi connectivity index (χ2n) is 2.82. The average Bonchev–Trinajstić information content (AvgIpc) is 2.65. The number of aliphatic hydroxyl groups excluding tert-OH is 1. The third-order valence-electron chi connectivity index (χ3n) is 1.73. The van der Waals surface area contributed by atoms with Crippen LogP contribution in [0.3, 0.4) is 0 Å². The van der Waals surface area contributed by atoms with E-state index < -0.39 is 18.0 Å². The predicted molar refractivity (Wildman–Crippen MR) is 53.0 cm³/mol. The quantitative estimate of drug-likeness (QED) is 0.737. The van der Waals surface area contributed by atoms with Crippen molar-refractivity contribution in [2.75, 3.05) is 7.11 Å². The molecule has 0 amide bonds. The molecule has 1 atom stereocenters. The van der Waals surface area contributed by atoms with Gasteiger partial charge in [0.1, 0.15) is 4.88 Å². The molecule has 0 bridgehead atoms. The first kappa shape index (κ1) is 11.7. The molecule has 0 aromatic carbocycles. The van der Waals surface area contributed by atoms with Gasteiger partial charge < -0.3 is 14.9 Å². The standard InChI is InChI=1S/C9H10O5S/c1-14-9(13)7-3-2-5(15-7)4-6(10)8(11)12/h2-3,6,10H,4H2,1H3,(H,11,12). The summed E-state index contributed by atoms with van der Waals surface area (Å²) in [5.74, 6) is -1.74. The molecule has 0 aliphatic heterocycles. The number of carboxylic acids is 1. The Balaban J connectivity index is 2.68. The number of carbonyl (C=O) groups excluding carboxylic acids is 1. The molecule has 0 radical (unpaired) electrons. The molecular formula is C9H10O5S. The molecule has 1 heterocycles. The van der Waals surface area contributed by atoms with Crippen LogP contribution in [0.2, 0.25) is 0 Å². The van der Waals surface area contributed by atoms with E-state index in [-0.39, 0.29) is 6.42 Å². The molecule has 82 valence electrons. The Kier molecular flexibility index (Phi) is 3.81. The van der Waals surface area contributed by atoms with Gasteiger partial charge in [-0.1, -0.05) is 0 Å². The summed E-state index contributed by atoms with van der Waals surface area (Å²) in [4.78, 5) is 22.4. The maximum atomic E-state index is 11.1. The highest BCUT2D eigenvalue weighted by atomic mass is 32.1. The highest BCUT2D eigenvalue weighted by molar-refractivity contribution is 7.13. The Labute approximate surface area is 89.9 Å². The van der Waals surface area contributed by atoms with Gasteiger partial charge >= 0.3 is 11.9 Å². The van der Waals surface area contributed by atoms with Gasteiger partial charge in [-0.3, -0.25) is 0 Å². The molecule has 0 spiro atoms. The maximum Gasteiger partial charge on any atom is 0.348 e. The van der Waals surface area contributed by atoms with Crippen molar-refractivity contribution >= 4 is 23.3 Å². The summed E-state index contributed by atoms with van der Waals surface area (Å²) in [5, 5.41) is 17.5. The Morgan fingerprint density at radius 2 is 2.20 bits per heavy atom. The van der Waals surface area contributed by atoms with Crippen LogP contribution in [-0.2, 0) is 16.0 Å². The summed E-state index contributed by atoms with van der Waals surface area (Å²) in [7, 11) is 1.27. The zero-order chi connectivity index (χ0) is 11.4. The second-order valence-corrected chi connectivity index (χ2v) is 3.98. The number of esters is 1. The Hall–Kier alpha value is -1.40. The van der Waals surface area contributed by atoms with Gasteiger partial charge in [-0.05, 0) is 12.1 Å². The van der Waals surface area contributed by atoms with Crippen LogP contribution in [0.25, 0.3) is 0 Å². The third kappa shape index (κ3) is 3.03. The van der Waals surface area contributed by atoms with Gasteiger partial charge in [0.25, 0.3) is 0 Å². The van der Waals surface area contributed by atoms with Crippen molar-refractivity contribution < 1.29 is 24.5 Å². The lowest BCUT2D eigenvalue weighted by Crippen LogP contribution is -2.21. The monoisotopic (exact) mass is 230 g/mol. The molecular weight excluding hydrogens is 220 g/mol. The Morgan fingerprint density at radius 3 is 2.73 bits per heavy atom. The number of aliphatic carboxylic acids is 1. The Morgan fingerprint density at radius 1 is 1.53 bits per heavy atom. The number of methoxy groups -OCH3 is 1. The minimum Gasteiger partial charge on any atom is -0.479 e. The summed E-state index contributed by atoms with van der Waals surface area (Å²) in [6, 6.07) is 3.14. The third-order valence-corrected chi connectivity index (χ3v) is 2.82. The molecule has 1 aromatic heterocycles. The number of ether oxygens (including phenoxy) is 1. The fraction of sp³-hybridized carbons (Fsp3) is 0.333. The van der Waals surface area contributed by atoms with Crippen molar-refractivity contribution in [3.05, 3.63) is 21.9 Å². The lowest BCUT2D eigenvalue weighted by atomic mass is 10.2. The van der Waals surface area contributed by atoms with E-state index in [2.05, 4.69) is 4.74 Å². The van der Waals surface area contributed by atoms with Gasteiger partial charge in [0.05, 0.1) is 7.11 Å². The van der Waals surface area contributed by atoms with Gasteiger partial charge in [-0.25, -0.2) is 9.59 Å². The molecule has 2 N–H and O–H groups in total. The van der Waals surface area contributed by atoms with Crippen molar-refractivity contribution in [1.29, 1.82) is 0 Å². The van der Waals surface area contributed by atoms with E-state index in [1.165, 1.54) is 7.11 Å². The topological polar surface area (TPSA) is 83.8 Å². The van der Waals surface area contributed by atoms with Gasteiger partial charge in [-0.2, -0.15) is 0 Å². The van der Waals surface area contributed by atoms with Crippen LogP contribution in [-0.4, -0.2) is 35.4 Å².